The van der Waals surface area contributed by atoms with Gasteiger partial charge in [-0.15, -0.1) is 0 Å². The number of hydrogen-bond acceptors (Lipinski definition) is 4. The molecular formula is C13H17N5. The van der Waals surface area contributed by atoms with Gasteiger partial charge in [0.05, 0.1) is 17.9 Å². The van der Waals surface area contributed by atoms with E-state index in [0.717, 1.165) is 30.0 Å². The molecule has 2 aromatic heterocycles. The fourth-order valence-corrected chi connectivity index (χ4v) is 2.33. The monoisotopic (exact) mass is 243 g/mol. The largest absolute Gasteiger partial charge is 0.307 e. The predicted octanol–water partition coefficient (Wildman–Crippen LogP) is 1.69. The Morgan fingerprint density at radius 1 is 1.39 bits per heavy atom. The van der Waals surface area contributed by atoms with E-state index >= 15 is 0 Å². The van der Waals surface area contributed by atoms with Crippen LogP contribution in [0.25, 0.3) is 11.3 Å². The molecular weight excluding hydrogens is 226 g/mol. The van der Waals surface area contributed by atoms with Crippen molar-refractivity contribution in [3.05, 3.63) is 30.5 Å². The second-order valence-corrected chi connectivity index (χ2v) is 4.71. The van der Waals surface area contributed by atoms with Gasteiger partial charge in [0.1, 0.15) is 5.82 Å². The van der Waals surface area contributed by atoms with Gasteiger partial charge in [-0.2, -0.15) is 5.10 Å². The summed E-state index contributed by atoms with van der Waals surface area (Å²) in [5.74, 6) is 0.899. The summed E-state index contributed by atoms with van der Waals surface area (Å²) >= 11 is 0. The Labute approximate surface area is 106 Å². The number of hydrogen-bond donors (Lipinski definition) is 1. The van der Waals surface area contributed by atoms with Crippen molar-refractivity contribution < 1.29 is 0 Å². The third kappa shape index (κ3) is 2.26. The molecule has 3 rings (SSSR count). The standard InChI is InChI=1S/C13H17N5/c1-18-9-10(8-16-18)11-5-7-15-13(17-11)12-4-2-3-6-14-12/h5,7-9,12,14H,2-4,6H2,1H3/t12-/m0/s1. The molecule has 0 aromatic carbocycles. The summed E-state index contributed by atoms with van der Waals surface area (Å²) in [5.41, 5.74) is 1.98. The zero-order valence-electron chi connectivity index (χ0n) is 10.5. The molecule has 1 saturated heterocycles. The Morgan fingerprint density at radius 2 is 2.33 bits per heavy atom. The lowest BCUT2D eigenvalue weighted by Gasteiger charge is -2.22. The van der Waals surface area contributed by atoms with Crippen molar-refractivity contribution in [1.29, 1.82) is 0 Å². The summed E-state index contributed by atoms with van der Waals surface area (Å²) in [6, 6.07) is 2.24. The van der Waals surface area contributed by atoms with Crippen LogP contribution in [0.5, 0.6) is 0 Å². The van der Waals surface area contributed by atoms with E-state index in [1.807, 2.05) is 31.7 Å². The van der Waals surface area contributed by atoms with Crippen LogP contribution in [0.1, 0.15) is 31.1 Å². The first kappa shape index (κ1) is 11.3. The number of aryl methyl sites for hydroxylation is 1. The molecule has 1 aliphatic heterocycles. The molecule has 1 atom stereocenters. The second-order valence-electron chi connectivity index (χ2n) is 4.71. The van der Waals surface area contributed by atoms with Crippen molar-refractivity contribution in [3.8, 4) is 11.3 Å². The van der Waals surface area contributed by atoms with Crippen LogP contribution in [0.2, 0.25) is 0 Å². The highest BCUT2D eigenvalue weighted by atomic mass is 15.2. The predicted molar refractivity (Wildman–Crippen MR) is 68.8 cm³/mol. The van der Waals surface area contributed by atoms with Gasteiger partial charge in [-0.1, -0.05) is 6.42 Å². The van der Waals surface area contributed by atoms with Crippen molar-refractivity contribution in [3.63, 3.8) is 0 Å². The van der Waals surface area contributed by atoms with E-state index < -0.39 is 0 Å². The number of nitrogens with zero attached hydrogens (tertiary/aromatic N) is 4. The Morgan fingerprint density at radius 3 is 3.06 bits per heavy atom. The van der Waals surface area contributed by atoms with Gasteiger partial charge in [-0.3, -0.25) is 4.68 Å². The minimum absolute atomic E-state index is 0.301. The summed E-state index contributed by atoms with van der Waals surface area (Å²) < 4.78 is 1.79. The van der Waals surface area contributed by atoms with E-state index in [1.165, 1.54) is 12.8 Å². The van der Waals surface area contributed by atoms with Gasteiger partial charge in [0.15, 0.2) is 0 Å². The highest BCUT2D eigenvalue weighted by Gasteiger charge is 2.17. The van der Waals surface area contributed by atoms with Crippen LogP contribution < -0.4 is 5.32 Å². The summed E-state index contributed by atoms with van der Waals surface area (Å²) in [7, 11) is 1.91. The lowest BCUT2D eigenvalue weighted by atomic mass is 10.0. The molecule has 3 heterocycles. The third-order valence-corrected chi connectivity index (χ3v) is 3.30. The Bertz CT molecular complexity index is 528. The fourth-order valence-electron chi connectivity index (χ4n) is 2.33. The molecule has 0 saturated carbocycles. The minimum Gasteiger partial charge on any atom is -0.307 e. The van der Waals surface area contributed by atoms with Gasteiger partial charge in [0.25, 0.3) is 0 Å². The number of aromatic nitrogens is 4. The molecule has 2 aromatic rings. The van der Waals surface area contributed by atoms with E-state index in [1.54, 1.807) is 4.68 Å². The van der Waals surface area contributed by atoms with E-state index in [4.69, 9.17) is 0 Å². The first-order valence-electron chi connectivity index (χ1n) is 6.38. The molecule has 0 unspecified atom stereocenters. The second kappa shape index (κ2) is 4.86. The van der Waals surface area contributed by atoms with Crippen LogP contribution in [0.3, 0.4) is 0 Å². The molecule has 94 valence electrons. The van der Waals surface area contributed by atoms with Gasteiger partial charge in [0.2, 0.25) is 0 Å². The van der Waals surface area contributed by atoms with E-state index in [9.17, 15) is 0 Å². The van der Waals surface area contributed by atoms with Crippen LogP contribution >= 0.6 is 0 Å². The van der Waals surface area contributed by atoms with Crippen LogP contribution in [-0.4, -0.2) is 26.3 Å². The van der Waals surface area contributed by atoms with Crippen LogP contribution in [0, 0.1) is 0 Å². The molecule has 5 nitrogen and oxygen atoms in total. The highest BCUT2D eigenvalue weighted by Crippen LogP contribution is 2.22. The van der Waals surface area contributed by atoms with E-state index in [0.29, 0.717) is 6.04 Å². The van der Waals surface area contributed by atoms with Gasteiger partial charge in [-0.05, 0) is 25.5 Å². The van der Waals surface area contributed by atoms with Crippen LogP contribution in [0.4, 0.5) is 0 Å². The lowest BCUT2D eigenvalue weighted by Crippen LogP contribution is -2.28. The molecule has 1 aliphatic rings. The Kier molecular flexibility index (Phi) is 3.06. The maximum Gasteiger partial charge on any atom is 0.145 e. The Balaban J connectivity index is 1.88. The molecule has 1 fully saturated rings. The third-order valence-electron chi connectivity index (χ3n) is 3.30. The minimum atomic E-state index is 0.301. The first-order chi connectivity index (χ1) is 8.83. The highest BCUT2D eigenvalue weighted by molar-refractivity contribution is 5.56. The van der Waals surface area contributed by atoms with E-state index in [2.05, 4.69) is 20.4 Å². The van der Waals surface area contributed by atoms with Gasteiger partial charge < -0.3 is 5.32 Å². The molecule has 0 bridgehead atoms. The molecule has 1 N–H and O–H groups in total. The maximum absolute atomic E-state index is 4.65. The average Bonchev–Trinajstić information content (AvgIpc) is 2.87. The van der Waals surface area contributed by atoms with Gasteiger partial charge in [0, 0.05) is 25.0 Å². The Hall–Kier alpha value is -1.75. The zero-order chi connectivity index (χ0) is 12.4. The summed E-state index contributed by atoms with van der Waals surface area (Å²) in [6.45, 7) is 1.06. The van der Waals surface area contributed by atoms with Crippen molar-refractivity contribution in [2.24, 2.45) is 7.05 Å². The zero-order valence-corrected chi connectivity index (χ0v) is 10.5. The summed E-state index contributed by atoms with van der Waals surface area (Å²) in [4.78, 5) is 9.05. The summed E-state index contributed by atoms with van der Waals surface area (Å²) in [5, 5.41) is 7.65. The number of piperidine rings is 1. The molecule has 5 heteroatoms. The quantitative estimate of drug-likeness (QED) is 0.872. The molecule has 0 spiro atoms. The molecule has 18 heavy (non-hydrogen) atoms. The first-order valence-corrected chi connectivity index (χ1v) is 6.38. The van der Waals surface area contributed by atoms with Crippen LogP contribution in [-0.2, 0) is 7.05 Å². The van der Waals surface area contributed by atoms with Crippen molar-refractivity contribution in [2.45, 2.75) is 25.3 Å². The van der Waals surface area contributed by atoms with E-state index in [-0.39, 0.29) is 0 Å². The van der Waals surface area contributed by atoms with Gasteiger partial charge in [-0.25, -0.2) is 9.97 Å². The van der Waals surface area contributed by atoms with Crippen molar-refractivity contribution in [1.82, 2.24) is 25.1 Å². The average molecular weight is 243 g/mol. The van der Waals surface area contributed by atoms with Crippen molar-refractivity contribution in [2.75, 3.05) is 6.54 Å². The molecule has 0 aliphatic carbocycles. The summed E-state index contributed by atoms with van der Waals surface area (Å²) in [6.07, 6.45) is 9.26. The maximum atomic E-state index is 4.65. The number of nitrogens with one attached hydrogen (secondary N) is 1. The fraction of sp³-hybridized carbons (Fsp3) is 0.462. The molecule has 0 radical (unpaired) electrons. The van der Waals surface area contributed by atoms with Crippen molar-refractivity contribution >= 4 is 0 Å². The smallest absolute Gasteiger partial charge is 0.145 e. The topological polar surface area (TPSA) is 55.6 Å². The van der Waals surface area contributed by atoms with Gasteiger partial charge >= 0.3 is 0 Å². The lowest BCUT2D eigenvalue weighted by molar-refractivity contribution is 0.397. The molecule has 0 amide bonds. The van der Waals surface area contributed by atoms with Crippen LogP contribution in [0.15, 0.2) is 24.7 Å². The number of rotatable bonds is 2. The normalized spacial score (nSPS) is 19.9. The SMILES string of the molecule is Cn1cc(-c2ccnc([C@@H]3CCCCN3)n2)cn1.